The second-order valence-corrected chi connectivity index (χ2v) is 6.81. The molecule has 2 N–H and O–H groups in total. The number of nitrogens with zero attached hydrogens (tertiary/aromatic N) is 2. The van der Waals surface area contributed by atoms with Crippen LogP contribution in [0.1, 0.15) is 16.8 Å². The summed E-state index contributed by atoms with van der Waals surface area (Å²) in [5.41, 5.74) is 3.14. The minimum absolute atomic E-state index is 0.577. The van der Waals surface area contributed by atoms with Gasteiger partial charge >= 0.3 is 0 Å². The van der Waals surface area contributed by atoms with Crippen molar-refractivity contribution < 1.29 is 0 Å². The molecule has 134 valence electrons. The average Bonchev–Trinajstić information content (AvgIpc) is 2.62. The van der Waals surface area contributed by atoms with Gasteiger partial charge in [-0.3, -0.25) is 0 Å². The van der Waals surface area contributed by atoms with Crippen molar-refractivity contribution >= 4 is 35.0 Å². The standard InChI is InChI=1S/C20H20Cl2N4/c1-14-12-19(23-11-10-15-6-8-17(21)9-7-15)26-20(25-14)24-13-16-4-2-3-5-18(16)22/h2-9,12H,10-11,13H2,1H3,(H2,23,24,25,26). The molecule has 0 atom stereocenters. The van der Waals surface area contributed by atoms with Crippen LogP contribution in [-0.4, -0.2) is 16.5 Å². The number of aromatic nitrogens is 2. The maximum atomic E-state index is 6.19. The normalized spacial score (nSPS) is 10.6. The van der Waals surface area contributed by atoms with Crippen molar-refractivity contribution in [1.29, 1.82) is 0 Å². The Morgan fingerprint density at radius 1 is 0.923 bits per heavy atom. The van der Waals surface area contributed by atoms with Crippen LogP contribution < -0.4 is 10.6 Å². The summed E-state index contributed by atoms with van der Waals surface area (Å²) in [6.45, 7) is 3.31. The Morgan fingerprint density at radius 3 is 2.46 bits per heavy atom. The number of benzene rings is 2. The maximum absolute atomic E-state index is 6.19. The van der Waals surface area contributed by atoms with Crippen LogP contribution in [0.2, 0.25) is 10.0 Å². The summed E-state index contributed by atoms with van der Waals surface area (Å²) in [6, 6.07) is 17.5. The van der Waals surface area contributed by atoms with E-state index in [9.17, 15) is 0 Å². The lowest BCUT2D eigenvalue weighted by Crippen LogP contribution is -2.10. The van der Waals surface area contributed by atoms with Gasteiger partial charge in [0, 0.05) is 34.9 Å². The predicted molar refractivity (Wildman–Crippen MR) is 109 cm³/mol. The van der Waals surface area contributed by atoms with Crippen LogP contribution in [0.15, 0.2) is 54.6 Å². The van der Waals surface area contributed by atoms with Crippen LogP contribution >= 0.6 is 23.2 Å². The molecule has 1 heterocycles. The third kappa shape index (κ3) is 5.35. The molecule has 4 nitrogen and oxygen atoms in total. The van der Waals surface area contributed by atoms with E-state index in [1.165, 1.54) is 5.56 Å². The molecule has 0 saturated carbocycles. The number of aryl methyl sites for hydroxylation is 1. The average molecular weight is 387 g/mol. The van der Waals surface area contributed by atoms with Gasteiger partial charge in [-0.2, -0.15) is 4.98 Å². The number of nitrogens with one attached hydrogen (secondary N) is 2. The van der Waals surface area contributed by atoms with Crippen LogP contribution in [0, 0.1) is 6.92 Å². The molecule has 3 aromatic rings. The molecule has 1 aromatic heterocycles. The van der Waals surface area contributed by atoms with E-state index < -0.39 is 0 Å². The molecule has 26 heavy (non-hydrogen) atoms. The van der Waals surface area contributed by atoms with E-state index in [-0.39, 0.29) is 0 Å². The number of anilines is 2. The highest BCUT2D eigenvalue weighted by Gasteiger charge is 2.04. The first kappa shape index (κ1) is 18.5. The molecular formula is C20H20Cl2N4. The third-order valence-corrected chi connectivity index (χ3v) is 4.50. The Kier molecular flexibility index (Phi) is 6.31. The molecule has 0 aliphatic heterocycles. The smallest absolute Gasteiger partial charge is 0.225 e. The van der Waals surface area contributed by atoms with Gasteiger partial charge < -0.3 is 10.6 Å². The van der Waals surface area contributed by atoms with Crippen LogP contribution in [0.25, 0.3) is 0 Å². The molecule has 0 aliphatic carbocycles. The van der Waals surface area contributed by atoms with Gasteiger partial charge in [0.1, 0.15) is 5.82 Å². The molecule has 0 fully saturated rings. The SMILES string of the molecule is Cc1cc(NCCc2ccc(Cl)cc2)nc(NCc2ccccc2Cl)n1. The van der Waals surface area contributed by atoms with Crippen molar-refractivity contribution in [2.75, 3.05) is 17.2 Å². The highest BCUT2D eigenvalue weighted by atomic mass is 35.5. The maximum Gasteiger partial charge on any atom is 0.225 e. The molecule has 2 aromatic carbocycles. The van der Waals surface area contributed by atoms with Gasteiger partial charge in [-0.15, -0.1) is 0 Å². The predicted octanol–water partition coefficient (Wildman–Crippen LogP) is 5.36. The summed E-state index contributed by atoms with van der Waals surface area (Å²) in [5, 5.41) is 8.07. The van der Waals surface area contributed by atoms with Crippen molar-refractivity contribution in [3.8, 4) is 0 Å². The van der Waals surface area contributed by atoms with E-state index in [0.29, 0.717) is 12.5 Å². The highest BCUT2D eigenvalue weighted by Crippen LogP contribution is 2.17. The van der Waals surface area contributed by atoms with Crippen LogP contribution in [-0.2, 0) is 13.0 Å². The topological polar surface area (TPSA) is 49.8 Å². The van der Waals surface area contributed by atoms with Crippen molar-refractivity contribution in [2.45, 2.75) is 19.9 Å². The number of rotatable bonds is 7. The van der Waals surface area contributed by atoms with E-state index in [2.05, 4.69) is 20.6 Å². The zero-order chi connectivity index (χ0) is 18.4. The Balaban J connectivity index is 1.58. The van der Waals surface area contributed by atoms with Crippen LogP contribution in [0.4, 0.5) is 11.8 Å². The Hall–Kier alpha value is -2.30. The van der Waals surface area contributed by atoms with Crippen molar-refractivity contribution in [3.05, 3.63) is 81.5 Å². The Labute approximate surface area is 163 Å². The van der Waals surface area contributed by atoms with Crippen LogP contribution in [0.5, 0.6) is 0 Å². The summed E-state index contributed by atoms with van der Waals surface area (Å²) in [5.74, 6) is 1.38. The van der Waals surface area contributed by atoms with Gasteiger partial charge in [0.05, 0.1) is 0 Å². The zero-order valence-corrected chi connectivity index (χ0v) is 16.0. The van der Waals surface area contributed by atoms with E-state index in [0.717, 1.165) is 40.1 Å². The van der Waals surface area contributed by atoms with E-state index in [1.54, 1.807) is 0 Å². The molecule has 3 rings (SSSR count). The second-order valence-electron chi connectivity index (χ2n) is 5.97. The van der Waals surface area contributed by atoms with Gasteiger partial charge in [-0.05, 0) is 42.7 Å². The lowest BCUT2D eigenvalue weighted by Gasteiger charge is -2.11. The number of hydrogen-bond acceptors (Lipinski definition) is 4. The number of hydrogen-bond donors (Lipinski definition) is 2. The van der Waals surface area contributed by atoms with E-state index in [1.807, 2.05) is 61.5 Å². The summed E-state index contributed by atoms with van der Waals surface area (Å²) >= 11 is 12.1. The molecule has 0 radical (unpaired) electrons. The molecular weight excluding hydrogens is 367 g/mol. The van der Waals surface area contributed by atoms with Gasteiger partial charge in [0.15, 0.2) is 0 Å². The molecule has 6 heteroatoms. The van der Waals surface area contributed by atoms with Gasteiger partial charge in [0.2, 0.25) is 5.95 Å². The fourth-order valence-electron chi connectivity index (χ4n) is 2.54. The zero-order valence-electron chi connectivity index (χ0n) is 14.5. The summed E-state index contributed by atoms with van der Waals surface area (Å²) in [7, 11) is 0. The first-order chi connectivity index (χ1) is 12.6. The minimum atomic E-state index is 0.577. The third-order valence-electron chi connectivity index (χ3n) is 3.88. The molecule has 0 amide bonds. The first-order valence-corrected chi connectivity index (χ1v) is 9.17. The number of halogens is 2. The lowest BCUT2D eigenvalue weighted by atomic mass is 10.1. The van der Waals surface area contributed by atoms with E-state index >= 15 is 0 Å². The van der Waals surface area contributed by atoms with Crippen LogP contribution in [0.3, 0.4) is 0 Å². The molecule has 0 saturated heterocycles. The molecule has 0 aliphatic rings. The Bertz CT molecular complexity index is 866. The van der Waals surface area contributed by atoms with E-state index in [4.69, 9.17) is 23.2 Å². The lowest BCUT2D eigenvalue weighted by molar-refractivity contribution is 0.982. The summed E-state index contributed by atoms with van der Waals surface area (Å²) in [6.07, 6.45) is 0.891. The molecule has 0 spiro atoms. The summed E-state index contributed by atoms with van der Waals surface area (Å²) < 4.78 is 0. The highest BCUT2D eigenvalue weighted by molar-refractivity contribution is 6.31. The quantitative estimate of drug-likeness (QED) is 0.573. The van der Waals surface area contributed by atoms with Gasteiger partial charge in [-0.1, -0.05) is 53.5 Å². The Morgan fingerprint density at radius 2 is 1.69 bits per heavy atom. The monoisotopic (exact) mass is 386 g/mol. The summed E-state index contributed by atoms with van der Waals surface area (Å²) in [4.78, 5) is 8.96. The van der Waals surface area contributed by atoms with Crippen molar-refractivity contribution in [3.63, 3.8) is 0 Å². The van der Waals surface area contributed by atoms with Crippen molar-refractivity contribution in [2.24, 2.45) is 0 Å². The molecule has 0 unspecified atom stereocenters. The second kappa shape index (κ2) is 8.88. The minimum Gasteiger partial charge on any atom is -0.370 e. The first-order valence-electron chi connectivity index (χ1n) is 8.41. The van der Waals surface area contributed by atoms with Gasteiger partial charge in [0.25, 0.3) is 0 Å². The van der Waals surface area contributed by atoms with Gasteiger partial charge in [-0.25, -0.2) is 4.98 Å². The van der Waals surface area contributed by atoms with Crippen molar-refractivity contribution in [1.82, 2.24) is 9.97 Å². The fraction of sp³-hybridized carbons (Fsp3) is 0.200. The fourth-order valence-corrected chi connectivity index (χ4v) is 2.87. The largest absolute Gasteiger partial charge is 0.370 e. The molecule has 0 bridgehead atoms.